The summed E-state index contributed by atoms with van der Waals surface area (Å²) in [6, 6.07) is 9.40. The summed E-state index contributed by atoms with van der Waals surface area (Å²) in [5, 5.41) is 10.6. The van der Waals surface area contributed by atoms with E-state index < -0.39 is 195 Å². The number of hydrogen-bond donors (Lipinski definition) is 1. The maximum Gasteiger partial charge on any atom is 0.416 e. The van der Waals surface area contributed by atoms with E-state index in [4.69, 9.17) is 0 Å². The topological polar surface area (TPSA) is 41.2 Å². The molecule has 0 saturated carbocycles. The second kappa shape index (κ2) is 20.2. The van der Waals surface area contributed by atoms with Crippen LogP contribution in [0.1, 0.15) is 54.9 Å². The molecule has 1 N–H and O–H groups in total. The number of carbonyl (C=O) groups is 1. The summed E-state index contributed by atoms with van der Waals surface area (Å²) in [6.07, 6.45) is -53.0. The number of phenolic OH excluding ortho intramolecular Hbond substituents is 1. The Morgan fingerprint density at radius 2 is 0.649 bits per heavy atom. The molecule has 7 aromatic rings. The zero-order chi connectivity index (χ0) is 57.9. The Labute approximate surface area is 415 Å². The number of rotatable bonds is 7. The van der Waals surface area contributed by atoms with E-state index >= 15 is 0 Å². The molecule has 0 aliphatic carbocycles. The zero-order valence-corrected chi connectivity index (χ0v) is 37.4. The van der Waals surface area contributed by atoms with Crippen molar-refractivity contribution < 1.29 is 120 Å². The maximum atomic E-state index is 14.2. The van der Waals surface area contributed by atoms with E-state index in [0.717, 1.165) is 10.9 Å². The highest BCUT2D eigenvalue weighted by molar-refractivity contribution is 7.20. The summed E-state index contributed by atoms with van der Waals surface area (Å²) < 4.78 is 343. The van der Waals surface area contributed by atoms with E-state index in [1.165, 1.54) is 0 Å². The Morgan fingerprint density at radius 1 is 0.364 bits per heavy atom. The van der Waals surface area contributed by atoms with Crippen molar-refractivity contribution in [1.29, 1.82) is 0 Å². The Hall–Kier alpha value is -7.42. The van der Waals surface area contributed by atoms with Crippen LogP contribution in [0.15, 0.2) is 140 Å². The monoisotopic (exact) mass is 1130 g/mol. The number of benzene rings is 6. The van der Waals surface area contributed by atoms with Crippen molar-refractivity contribution in [1.82, 2.24) is 0 Å². The van der Waals surface area contributed by atoms with Gasteiger partial charge in [0, 0.05) is 17.7 Å². The van der Waals surface area contributed by atoms with Gasteiger partial charge in [0.15, 0.2) is 6.20 Å². The van der Waals surface area contributed by atoms with Crippen LogP contribution < -0.4 is 26.4 Å². The number of hydrogen-bond acceptors (Lipinski definition) is 2. The molecule has 0 bridgehead atoms. The molecule has 0 atom stereocenters. The van der Waals surface area contributed by atoms with E-state index in [-0.39, 0.29) is 18.1 Å². The first kappa shape index (κ1) is 58.8. The lowest BCUT2D eigenvalue weighted by Crippen LogP contribution is -2.75. The zero-order valence-electron chi connectivity index (χ0n) is 37.4. The molecule has 1 aromatic heterocycles. The van der Waals surface area contributed by atoms with Crippen molar-refractivity contribution in [3.05, 3.63) is 190 Å². The highest BCUT2D eigenvalue weighted by Crippen LogP contribution is 2.41. The second-order valence-electron chi connectivity index (χ2n) is 16.9. The predicted molar refractivity (Wildman–Crippen MR) is 227 cm³/mol. The van der Waals surface area contributed by atoms with Crippen LogP contribution in [0.2, 0.25) is 0 Å². The molecular formula is C49H26BF24NO2. The molecule has 77 heavy (non-hydrogen) atoms. The number of pyridine rings is 1. The van der Waals surface area contributed by atoms with Crippen LogP contribution in [-0.4, -0.2) is 17.0 Å². The maximum absolute atomic E-state index is 14.2. The molecule has 0 saturated heterocycles. The first-order valence-electron chi connectivity index (χ1n) is 21.1. The molecule has 0 amide bonds. The Bertz CT molecular complexity index is 2870. The molecule has 0 unspecified atom stereocenters. The van der Waals surface area contributed by atoms with Gasteiger partial charge in [-0.15, -0.1) is 0 Å². The van der Waals surface area contributed by atoms with E-state index in [1.807, 2.05) is 59.3 Å². The highest BCUT2D eigenvalue weighted by Gasteiger charge is 2.47. The number of phenols is 1. The van der Waals surface area contributed by atoms with Crippen molar-refractivity contribution in [2.45, 2.75) is 56.0 Å². The van der Waals surface area contributed by atoms with Gasteiger partial charge >= 0.3 is 49.4 Å². The van der Waals surface area contributed by atoms with Gasteiger partial charge in [-0.1, -0.05) is 84.9 Å². The van der Waals surface area contributed by atoms with Crippen LogP contribution in [0.3, 0.4) is 0 Å². The predicted octanol–water partition coefficient (Wildman–Crippen LogP) is 13.9. The van der Waals surface area contributed by atoms with Gasteiger partial charge in [0.05, 0.1) is 49.9 Å². The molecule has 3 nitrogen and oxygen atoms in total. The van der Waals surface area contributed by atoms with Crippen LogP contribution in [0.4, 0.5) is 105 Å². The Kier molecular flexibility index (Phi) is 15.4. The molecule has 0 radical (unpaired) electrons. The molecule has 7 rings (SSSR count). The van der Waals surface area contributed by atoms with Crippen LogP contribution in [0.5, 0.6) is 5.75 Å². The number of Topliss-reactive ketones (excluding diaryl/α,β-unsaturated/α-hetero) is 1. The van der Waals surface area contributed by atoms with Crippen LogP contribution in [0, 0.1) is 0 Å². The fourth-order valence-electron chi connectivity index (χ4n) is 8.36. The average Bonchev–Trinajstić information content (AvgIpc) is 3.30. The number of aromatic hydroxyl groups is 1. The number of nitrogens with zero attached hydrogens (tertiary/aromatic N) is 1. The van der Waals surface area contributed by atoms with Gasteiger partial charge in [-0.25, -0.2) is 0 Å². The number of carbonyl (C=O) groups excluding carboxylic acids is 1. The van der Waals surface area contributed by atoms with Crippen LogP contribution >= 0.6 is 0 Å². The average molecular weight is 1130 g/mol. The Balaban J connectivity index is 0.000000397. The van der Waals surface area contributed by atoms with Crippen molar-refractivity contribution in [2.24, 2.45) is 0 Å². The summed E-state index contributed by atoms with van der Waals surface area (Å²) in [7, 11) is 0. The van der Waals surface area contributed by atoms with Gasteiger partial charge in [0.2, 0.25) is 17.8 Å². The van der Waals surface area contributed by atoms with E-state index in [0.29, 0.717) is 5.56 Å². The molecule has 0 aliphatic rings. The van der Waals surface area contributed by atoms with Crippen LogP contribution in [-0.2, 0) is 56.0 Å². The van der Waals surface area contributed by atoms with E-state index in [2.05, 4.69) is 0 Å². The van der Waals surface area contributed by atoms with E-state index in [1.54, 1.807) is 12.1 Å². The van der Waals surface area contributed by atoms with Crippen LogP contribution in [0.25, 0.3) is 10.9 Å². The van der Waals surface area contributed by atoms with E-state index in [9.17, 15) is 115 Å². The normalized spacial score (nSPS) is 13.4. The molecule has 0 spiro atoms. The first-order chi connectivity index (χ1) is 35.0. The van der Waals surface area contributed by atoms with Crippen molar-refractivity contribution in [3.8, 4) is 5.75 Å². The van der Waals surface area contributed by atoms with Crippen molar-refractivity contribution in [3.63, 3.8) is 0 Å². The van der Waals surface area contributed by atoms with Gasteiger partial charge in [0.25, 0.3) is 0 Å². The number of halogens is 24. The van der Waals surface area contributed by atoms with Crippen molar-refractivity contribution >= 4 is 44.7 Å². The molecule has 28 heteroatoms. The minimum atomic E-state index is -6.13. The fourth-order valence-corrected chi connectivity index (χ4v) is 8.36. The largest absolute Gasteiger partial charge is 0.507 e. The summed E-state index contributed by atoms with van der Waals surface area (Å²) in [5.74, 6) is 0.274. The third-order valence-corrected chi connectivity index (χ3v) is 11.7. The van der Waals surface area contributed by atoms with Gasteiger partial charge < -0.3 is 5.11 Å². The molecule has 6 aromatic carbocycles. The smallest absolute Gasteiger partial charge is 0.416 e. The summed E-state index contributed by atoms with van der Waals surface area (Å²) in [4.78, 5) is 12.3. The third kappa shape index (κ3) is 13.1. The molecule has 0 aliphatic heterocycles. The van der Waals surface area contributed by atoms with Gasteiger partial charge in [-0.05, 0) is 36.4 Å². The molecule has 0 fully saturated rings. The number of ketones is 1. The molecular weight excluding hydrogens is 1100 g/mol. The van der Waals surface area contributed by atoms with Gasteiger partial charge in [0.1, 0.15) is 11.9 Å². The lowest BCUT2D eigenvalue weighted by Gasteiger charge is -2.46. The highest BCUT2D eigenvalue weighted by atomic mass is 19.4. The van der Waals surface area contributed by atoms with Gasteiger partial charge in [-0.2, -0.15) is 132 Å². The number of fused-ring (bicyclic) bond motifs is 1. The minimum Gasteiger partial charge on any atom is -0.507 e. The lowest BCUT2D eigenvalue weighted by atomic mass is 9.12. The summed E-state index contributed by atoms with van der Waals surface area (Å²) in [5.41, 5.74) is -28.7. The minimum absolute atomic E-state index is 0.0476. The van der Waals surface area contributed by atoms with Gasteiger partial charge in [-0.3, -0.25) is 4.79 Å². The van der Waals surface area contributed by atoms with Crippen molar-refractivity contribution in [2.75, 3.05) is 0 Å². The Morgan fingerprint density at radius 3 is 0.922 bits per heavy atom. The second-order valence-corrected chi connectivity index (χ2v) is 16.9. The third-order valence-electron chi connectivity index (χ3n) is 11.7. The SMILES string of the molecule is FC(F)(F)c1cc([B-](c2cc(C(F)(F)F)cc(C(F)(F)F)c2)(c2cc(C(F)(F)F)cc(C(F)(F)F)c2)c2cc(C(F)(F)F)cc(C(F)(F)F)c2)cc(C(F)(F)F)c1.O=C(C[n+]1cccc2c(O)cccc21)c1ccccc1. The summed E-state index contributed by atoms with van der Waals surface area (Å²) in [6.45, 7) is 0.255. The standard InChI is InChI=1S/C32H12BF24.C17H13NO2/c34-25(35,36)13-1-14(26(37,38)39)6-21(5-13)33(22-7-15(27(40,41)42)2-16(8-22)28(43,44)45,23-9-17(29(46,47)48)3-18(10-23)30(49,50)51)24-11-19(31(52,53)54)4-20(12-24)32(55,56)57;19-16-10-4-9-15-14(16)8-5-11-18(15)12-17(20)13-6-2-1-3-7-13/h1-12H;1-11H,12H2/q-1;/p+1. The summed E-state index contributed by atoms with van der Waals surface area (Å²) >= 11 is 0. The quantitative estimate of drug-likeness (QED) is 0.0748. The first-order valence-corrected chi connectivity index (χ1v) is 21.1. The number of alkyl halides is 24. The molecule has 410 valence electrons. The molecule has 1 heterocycles. The number of aromatic nitrogens is 1. The fraction of sp³-hybridized carbons (Fsp3) is 0.184. The lowest BCUT2D eigenvalue weighted by molar-refractivity contribution is -0.657.